The minimum absolute atomic E-state index is 0.0563. The minimum atomic E-state index is -3.45. The molecule has 8 heteroatoms. The third-order valence-electron chi connectivity index (χ3n) is 3.75. The Balaban J connectivity index is 2.06. The third kappa shape index (κ3) is 3.67. The summed E-state index contributed by atoms with van der Waals surface area (Å²) in [6.45, 7) is 5.23. The molecule has 0 saturated carbocycles. The molecule has 5 nitrogen and oxygen atoms in total. The van der Waals surface area contributed by atoms with Crippen molar-refractivity contribution in [1.29, 1.82) is 0 Å². The number of likely N-dealkylation sites (tertiary alicyclic amines) is 1. The number of hydrogen-bond donors (Lipinski definition) is 0. The maximum Gasteiger partial charge on any atom is 0.252 e. The van der Waals surface area contributed by atoms with Gasteiger partial charge in [-0.05, 0) is 46.8 Å². The van der Waals surface area contributed by atoms with Crippen molar-refractivity contribution in [1.82, 2.24) is 9.21 Å². The van der Waals surface area contributed by atoms with Gasteiger partial charge >= 0.3 is 0 Å². The number of nitrogens with zero attached hydrogens (tertiary/aromatic N) is 2. The highest BCUT2D eigenvalue weighted by molar-refractivity contribution is 9.11. The standard InChI is InChI=1S/C13H19BrN2O3S2/c1-9-6-12(20-13(9)14)21(18,19)15(3)7-11-4-5-16(8-11)10(2)17/h6,11H,4-5,7-8H2,1-3H3. The minimum Gasteiger partial charge on any atom is -0.343 e. The fraction of sp³-hybridized carbons (Fsp3) is 0.615. The van der Waals surface area contributed by atoms with Crippen molar-refractivity contribution in [3.8, 4) is 0 Å². The summed E-state index contributed by atoms with van der Waals surface area (Å²) >= 11 is 4.60. The molecule has 1 aromatic heterocycles. The Hall–Kier alpha value is -0.440. The van der Waals surface area contributed by atoms with Gasteiger partial charge in [0, 0.05) is 33.6 Å². The lowest BCUT2D eigenvalue weighted by Crippen LogP contribution is -2.33. The molecule has 0 N–H and O–H groups in total. The Morgan fingerprint density at radius 2 is 2.24 bits per heavy atom. The Morgan fingerprint density at radius 1 is 1.57 bits per heavy atom. The lowest BCUT2D eigenvalue weighted by Gasteiger charge is -2.20. The van der Waals surface area contributed by atoms with Gasteiger partial charge in [-0.15, -0.1) is 11.3 Å². The van der Waals surface area contributed by atoms with Gasteiger partial charge in [0.05, 0.1) is 3.79 Å². The molecule has 0 bridgehead atoms. The van der Waals surface area contributed by atoms with Crippen LogP contribution in [0, 0.1) is 12.8 Å². The zero-order valence-corrected chi connectivity index (χ0v) is 15.5. The van der Waals surface area contributed by atoms with E-state index in [-0.39, 0.29) is 11.8 Å². The van der Waals surface area contributed by atoms with Crippen LogP contribution in [-0.4, -0.2) is 50.2 Å². The topological polar surface area (TPSA) is 57.7 Å². The fourth-order valence-electron chi connectivity index (χ4n) is 2.44. The van der Waals surface area contributed by atoms with E-state index in [0.29, 0.717) is 17.3 Å². The molecule has 1 aromatic rings. The average molecular weight is 395 g/mol. The number of sulfonamides is 1. The molecule has 1 aliphatic rings. The average Bonchev–Trinajstić information content (AvgIpc) is 2.98. The molecule has 1 atom stereocenters. The summed E-state index contributed by atoms with van der Waals surface area (Å²) in [4.78, 5) is 13.1. The van der Waals surface area contributed by atoms with Crippen molar-refractivity contribution in [2.45, 2.75) is 24.5 Å². The van der Waals surface area contributed by atoms with Crippen LogP contribution in [-0.2, 0) is 14.8 Å². The molecular formula is C13H19BrN2O3S2. The molecule has 0 spiro atoms. The van der Waals surface area contributed by atoms with Gasteiger partial charge in [-0.25, -0.2) is 8.42 Å². The zero-order valence-electron chi connectivity index (χ0n) is 12.3. The molecule has 2 rings (SSSR count). The van der Waals surface area contributed by atoms with E-state index < -0.39 is 10.0 Å². The first-order valence-electron chi connectivity index (χ1n) is 6.69. The monoisotopic (exact) mass is 394 g/mol. The van der Waals surface area contributed by atoms with Crippen molar-refractivity contribution >= 4 is 43.2 Å². The van der Waals surface area contributed by atoms with E-state index >= 15 is 0 Å². The van der Waals surface area contributed by atoms with E-state index in [1.807, 2.05) is 6.92 Å². The van der Waals surface area contributed by atoms with Gasteiger partial charge in [-0.1, -0.05) is 0 Å². The van der Waals surface area contributed by atoms with Crippen molar-refractivity contribution < 1.29 is 13.2 Å². The van der Waals surface area contributed by atoms with Gasteiger partial charge < -0.3 is 4.90 Å². The summed E-state index contributed by atoms with van der Waals surface area (Å²) in [6.07, 6.45) is 0.854. The van der Waals surface area contributed by atoms with Gasteiger partial charge in [-0.2, -0.15) is 4.31 Å². The second-order valence-corrected chi connectivity index (χ2v) is 10.1. The predicted octanol–water partition coefficient (Wildman–Crippen LogP) is 2.31. The Kier molecular flexibility index (Phi) is 5.12. The number of amides is 1. The van der Waals surface area contributed by atoms with Crippen LogP contribution in [0.4, 0.5) is 0 Å². The third-order valence-corrected chi connectivity index (χ3v) is 8.15. The molecule has 1 fully saturated rings. The SMILES string of the molecule is CC(=O)N1CCC(CN(C)S(=O)(=O)c2cc(C)c(Br)s2)C1. The van der Waals surface area contributed by atoms with Crippen LogP contribution in [0.15, 0.2) is 14.1 Å². The van der Waals surface area contributed by atoms with Crippen LogP contribution in [0.5, 0.6) is 0 Å². The van der Waals surface area contributed by atoms with Crippen molar-refractivity contribution in [2.24, 2.45) is 5.92 Å². The molecule has 118 valence electrons. The first-order chi connectivity index (χ1) is 9.71. The van der Waals surface area contributed by atoms with E-state index in [9.17, 15) is 13.2 Å². The summed E-state index contributed by atoms with van der Waals surface area (Å²) in [5.41, 5.74) is 0.926. The van der Waals surface area contributed by atoms with Gasteiger partial charge in [0.1, 0.15) is 4.21 Å². The number of carbonyl (C=O) groups excluding carboxylic acids is 1. The van der Waals surface area contributed by atoms with E-state index in [1.54, 1.807) is 24.9 Å². The van der Waals surface area contributed by atoms with Crippen molar-refractivity contribution in [3.63, 3.8) is 0 Å². The second kappa shape index (κ2) is 6.36. The van der Waals surface area contributed by atoms with Crippen LogP contribution in [0.1, 0.15) is 18.9 Å². The van der Waals surface area contributed by atoms with Gasteiger partial charge in [0.15, 0.2) is 0 Å². The molecule has 0 aliphatic carbocycles. The van der Waals surface area contributed by atoms with Crippen LogP contribution in [0.25, 0.3) is 0 Å². The molecule has 1 amide bonds. The summed E-state index contributed by atoms with van der Waals surface area (Å²) in [7, 11) is -1.84. The molecule has 1 aliphatic heterocycles. The van der Waals surface area contributed by atoms with E-state index in [2.05, 4.69) is 15.9 Å². The fourth-order valence-corrected chi connectivity index (χ4v) is 6.13. The quantitative estimate of drug-likeness (QED) is 0.786. The molecule has 0 aromatic carbocycles. The zero-order chi connectivity index (χ0) is 15.8. The number of hydrogen-bond acceptors (Lipinski definition) is 4. The first-order valence-corrected chi connectivity index (χ1v) is 9.74. The predicted molar refractivity (Wildman–Crippen MR) is 86.9 cm³/mol. The maximum absolute atomic E-state index is 12.5. The largest absolute Gasteiger partial charge is 0.343 e. The maximum atomic E-state index is 12.5. The van der Waals surface area contributed by atoms with Gasteiger partial charge in [0.25, 0.3) is 10.0 Å². The van der Waals surface area contributed by atoms with Gasteiger partial charge in [-0.3, -0.25) is 4.79 Å². The molecule has 2 heterocycles. The second-order valence-electron chi connectivity index (χ2n) is 5.43. The molecule has 21 heavy (non-hydrogen) atoms. The molecule has 1 saturated heterocycles. The Labute approximate surface area is 138 Å². The summed E-state index contributed by atoms with van der Waals surface area (Å²) in [5.74, 6) is 0.263. The molecule has 1 unspecified atom stereocenters. The highest BCUT2D eigenvalue weighted by atomic mass is 79.9. The van der Waals surface area contributed by atoms with E-state index in [1.165, 1.54) is 15.6 Å². The van der Waals surface area contributed by atoms with Crippen molar-refractivity contribution in [2.75, 3.05) is 26.7 Å². The van der Waals surface area contributed by atoms with Crippen LogP contribution in [0.3, 0.4) is 0 Å². The summed E-state index contributed by atoms with van der Waals surface area (Å²) in [6, 6.07) is 1.69. The van der Waals surface area contributed by atoms with E-state index in [4.69, 9.17) is 0 Å². The smallest absolute Gasteiger partial charge is 0.252 e. The number of thiophene rings is 1. The van der Waals surface area contributed by atoms with Crippen LogP contribution in [0.2, 0.25) is 0 Å². The van der Waals surface area contributed by atoms with Crippen LogP contribution >= 0.6 is 27.3 Å². The number of aryl methyl sites for hydroxylation is 1. The molecular weight excluding hydrogens is 376 g/mol. The highest BCUT2D eigenvalue weighted by Gasteiger charge is 2.30. The summed E-state index contributed by atoms with van der Waals surface area (Å²) < 4.78 is 27.7. The van der Waals surface area contributed by atoms with Crippen molar-refractivity contribution in [3.05, 3.63) is 15.4 Å². The number of halogens is 1. The Morgan fingerprint density at radius 3 is 2.71 bits per heavy atom. The van der Waals surface area contributed by atoms with Crippen LogP contribution < -0.4 is 0 Å². The number of carbonyl (C=O) groups is 1. The van der Waals surface area contributed by atoms with Gasteiger partial charge in [0.2, 0.25) is 5.91 Å². The highest BCUT2D eigenvalue weighted by Crippen LogP contribution is 2.32. The Bertz CT molecular complexity index is 622. The first kappa shape index (κ1) is 16.9. The lowest BCUT2D eigenvalue weighted by molar-refractivity contribution is -0.127. The number of rotatable bonds is 4. The van der Waals surface area contributed by atoms with E-state index in [0.717, 1.165) is 22.3 Å². The summed E-state index contributed by atoms with van der Waals surface area (Å²) in [5, 5.41) is 0. The lowest BCUT2D eigenvalue weighted by atomic mass is 10.1. The molecule has 0 radical (unpaired) electrons. The normalized spacial score (nSPS) is 19.5.